The smallest absolute Gasteiger partial charge is 0.325 e. The van der Waals surface area contributed by atoms with Crippen molar-refractivity contribution in [2.45, 2.75) is 24.7 Å². The minimum Gasteiger partial charge on any atom is -0.378 e. The van der Waals surface area contributed by atoms with Gasteiger partial charge in [-0.15, -0.1) is 0 Å². The maximum atomic E-state index is 14.3. The van der Waals surface area contributed by atoms with Crippen LogP contribution in [0, 0.1) is 10.1 Å². The highest BCUT2D eigenvalue weighted by Crippen LogP contribution is 2.33. The lowest BCUT2D eigenvalue weighted by atomic mass is 10.0. The van der Waals surface area contributed by atoms with Gasteiger partial charge < -0.3 is 4.74 Å². The summed E-state index contributed by atoms with van der Waals surface area (Å²) in [6.45, 7) is 2.28. The Hall–Kier alpha value is -1.25. The van der Waals surface area contributed by atoms with Crippen LogP contribution in [0.15, 0.2) is 6.20 Å². The normalized spacial score (nSPS) is 28.3. The third-order valence-corrected chi connectivity index (χ3v) is 4.27. The first-order valence-corrected chi connectivity index (χ1v) is 6.79. The van der Waals surface area contributed by atoms with Crippen LogP contribution in [0.3, 0.4) is 0 Å². The SMILES string of the molecule is O=[N+]([O-])c1cnn(C2CCN(C3COC3)CC2F)c1Cl. The van der Waals surface area contributed by atoms with E-state index in [2.05, 4.69) is 10.00 Å². The average molecular weight is 305 g/mol. The first-order valence-electron chi connectivity index (χ1n) is 6.41. The number of ether oxygens (including phenoxy) is 1. The quantitative estimate of drug-likeness (QED) is 0.624. The lowest BCUT2D eigenvalue weighted by molar-refractivity contribution is -0.384. The Labute approximate surface area is 119 Å². The van der Waals surface area contributed by atoms with Crippen molar-refractivity contribution in [1.29, 1.82) is 0 Å². The number of nitrogens with zero attached hydrogens (tertiary/aromatic N) is 4. The van der Waals surface area contributed by atoms with Crippen LogP contribution in [0.4, 0.5) is 10.1 Å². The highest BCUT2D eigenvalue weighted by Gasteiger charge is 2.38. The summed E-state index contributed by atoms with van der Waals surface area (Å²) in [6, 6.07) is -0.259. The number of likely N-dealkylation sites (tertiary alicyclic amines) is 1. The number of piperidine rings is 1. The van der Waals surface area contributed by atoms with Crippen LogP contribution in [-0.2, 0) is 4.74 Å². The van der Waals surface area contributed by atoms with E-state index < -0.39 is 17.1 Å². The van der Waals surface area contributed by atoms with Gasteiger partial charge in [0.2, 0.25) is 5.15 Å². The molecule has 0 aliphatic carbocycles. The van der Waals surface area contributed by atoms with Crippen molar-refractivity contribution in [2.75, 3.05) is 26.3 Å². The fourth-order valence-electron chi connectivity index (χ4n) is 2.65. The second kappa shape index (κ2) is 5.27. The van der Waals surface area contributed by atoms with Gasteiger partial charge in [0, 0.05) is 13.1 Å². The maximum absolute atomic E-state index is 14.3. The van der Waals surface area contributed by atoms with Crippen LogP contribution in [0.25, 0.3) is 0 Å². The summed E-state index contributed by atoms with van der Waals surface area (Å²) in [6.07, 6.45) is 0.443. The molecule has 0 spiro atoms. The summed E-state index contributed by atoms with van der Waals surface area (Å²) in [7, 11) is 0. The summed E-state index contributed by atoms with van der Waals surface area (Å²) >= 11 is 5.91. The first-order chi connectivity index (χ1) is 9.58. The molecule has 110 valence electrons. The van der Waals surface area contributed by atoms with Crippen molar-refractivity contribution in [2.24, 2.45) is 0 Å². The van der Waals surface area contributed by atoms with Crippen molar-refractivity contribution in [3.05, 3.63) is 21.5 Å². The number of alkyl halides is 1. The predicted molar refractivity (Wildman–Crippen MR) is 68.6 cm³/mol. The number of aromatic nitrogens is 2. The zero-order valence-corrected chi connectivity index (χ0v) is 11.4. The average Bonchev–Trinajstić information content (AvgIpc) is 2.69. The molecule has 3 rings (SSSR count). The molecule has 0 aromatic carbocycles. The van der Waals surface area contributed by atoms with Crippen LogP contribution in [-0.4, -0.2) is 58.1 Å². The van der Waals surface area contributed by atoms with Gasteiger partial charge in [-0.2, -0.15) is 5.10 Å². The minimum absolute atomic E-state index is 0.108. The van der Waals surface area contributed by atoms with Gasteiger partial charge in [-0.25, -0.2) is 9.07 Å². The van der Waals surface area contributed by atoms with Crippen molar-refractivity contribution in [3.63, 3.8) is 0 Å². The Kier molecular flexibility index (Phi) is 3.61. The molecule has 0 N–H and O–H groups in total. The lowest BCUT2D eigenvalue weighted by Gasteiger charge is -2.42. The highest BCUT2D eigenvalue weighted by atomic mass is 35.5. The molecule has 2 fully saturated rings. The zero-order valence-electron chi connectivity index (χ0n) is 10.6. The van der Waals surface area contributed by atoms with E-state index in [4.69, 9.17) is 16.3 Å². The van der Waals surface area contributed by atoms with E-state index in [0.717, 1.165) is 6.20 Å². The number of hydrogen-bond donors (Lipinski definition) is 0. The summed E-state index contributed by atoms with van der Waals surface area (Å²) in [4.78, 5) is 12.2. The van der Waals surface area contributed by atoms with Crippen molar-refractivity contribution in [1.82, 2.24) is 14.7 Å². The molecular formula is C11H14ClFN4O3. The van der Waals surface area contributed by atoms with E-state index in [1.165, 1.54) is 4.68 Å². The molecule has 0 radical (unpaired) electrons. The molecule has 0 bridgehead atoms. The number of halogens is 2. The van der Waals surface area contributed by atoms with E-state index in [9.17, 15) is 14.5 Å². The molecule has 1 aromatic heterocycles. The van der Waals surface area contributed by atoms with Gasteiger partial charge in [0.1, 0.15) is 12.4 Å². The molecule has 9 heteroatoms. The molecule has 3 heterocycles. The van der Waals surface area contributed by atoms with Crippen molar-refractivity contribution in [3.8, 4) is 0 Å². The third kappa shape index (κ3) is 2.27. The van der Waals surface area contributed by atoms with E-state index in [1.54, 1.807) is 0 Å². The molecule has 2 atom stereocenters. The lowest BCUT2D eigenvalue weighted by Crippen LogP contribution is -2.55. The van der Waals surface area contributed by atoms with E-state index in [0.29, 0.717) is 26.2 Å². The van der Waals surface area contributed by atoms with Gasteiger partial charge in [-0.1, -0.05) is 11.6 Å². The van der Waals surface area contributed by atoms with Crippen LogP contribution < -0.4 is 0 Å². The molecule has 7 nitrogen and oxygen atoms in total. The third-order valence-electron chi connectivity index (χ3n) is 3.90. The highest BCUT2D eigenvalue weighted by molar-refractivity contribution is 6.31. The second-order valence-electron chi connectivity index (χ2n) is 5.08. The van der Waals surface area contributed by atoms with E-state index in [-0.39, 0.29) is 23.4 Å². The Balaban J connectivity index is 1.73. The molecule has 20 heavy (non-hydrogen) atoms. The first kappa shape index (κ1) is 13.7. The standard InChI is InChI=1S/C11H14ClFN4O3/c12-11-10(17(18)19)3-14-16(11)9-1-2-15(4-8(9)13)7-5-20-6-7/h3,7-9H,1-2,4-6H2. The van der Waals surface area contributed by atoms with Crippen molar-refractivity contribution >= 4 is 17.3 Å². The fourth-order valence-corrected chi connectivity index (χ4v) is 2.94. The Bertz CT molecular complexity index is 522. The summed E-state index contributed by atoms with van der Waals surface area (Å²) < 4.78 is 20.7. The molecule has 1 aromatic rings. The van der Waals surface area contributed by atoms with Gasteiger partial charge in [-0.3, -0.25) is 15.0 Å². The topological polar surface area (TPSA) is 73.4 Å². The van der Waals surface area contributed by atoms with Crippen LogP contribution in [0.2, 0.25) is 5.15 Å². The molecule has 2 aliphatic heterocycles. The molecule has 2 saturated heterocycles. The zero-order chi connectivity index (χ0) is 14.3. The number of rotatable bonds is 3. The Morgan fingerprint density at radius 3 is 2.80 bits per heavy atom. The molecule has 0 saturated carbocycles. The molecule has 2 aliphatic rings. The van der Waals surface area contributed by atoms with Crippen LogP contribution in [0.1, 0.15) is 12.5 Å². The maximum Gasteiger partial charge on any atom is 0.325 e. The van der Waals surface area contributed by atoms with Gasteiger partial charge >= 0.3 is 5.69 Å². The van der Waals surface area contributed by atoms with Gasteiger partial charge in [0.25, 0.3) is 0 Å². The number of nitro groups is 1. The summed E-state index contributed by atoms with van der Waals surface area (Å²) in [5.41, 5.74) is -0.284. The Morgan fingerprint density at radius 2 is 2.30 bits per heavy atom. The summed E-state index contributed by atoms with van der Waals surface area (Å²) in [5.74, 6) is 0. The largest absolute Gasteiger partial charge is 0.378 e. The second-order valence-corrected chi connectivity index (χ2v) is 5.44. The van der Waals surface area contributed by atoms with Gasteiger partial charge in [-0.05, 0) is 6.42 Å². The van der Waals surface area contributed by atoms with E-state index in [1.807, 2.05) is 0 Å². The molecular weight excluding hydrogens is 291 g/mol. The number of hydrogen-bond acceptors (Lipinski definition) is 5. The minimum atomic E-state index is -1.15. The molecule has 0 amide bonds. The fraction of sp³-hybridized carbons (Fsp3) is 0.727. The van der Waals surface area contributed by atoms with Crippen LogP contribution >= 0.6 is 11.6 Å². The predicted octanol–water partition coefficient (Wildman–Crippen LogP) is 1.43. The monoisotopic (exact) mass is 304 g/mol. The molecule has 2 unspecified atom stereocenters. The van der Waals surface area contributed by atoms with Crippen molar-refractivity contribution < 1.29 is 14.1 Å². The van der Waals surface area contributed by atoms with E-state index >= 15 is 0 Å². The summed E-state index contributed by atoms with van der Waals surface area (Å²) in [5, 5.41) is 14.5. The Morgan fingerprint density at radius 1 is 1.55 bits per heavy atom. The van der Waals surface area contributed by atoms with Gasteiger partial charge in [0.05, 0.1) is 30.2 Å². The van der Waals surface area contributed by atoms with Crippen LogP contribution in [0.5, 0.6) is 0 Å². The van der Waals surface area contributed by atoms with Gasteiger partial charge in [0.15, 0.2) is 0 Å².